The second-order valence-corrected chi connectivity index (χ2v) is 3.80. The Morgan fingerprint density at radius 3 is 2.83 bits per heavy atom. The Hall–Kier alpha value is -2.12. The van der Waals surface area contributed by atoms with Crippen molar-refractivity contribution >= 4 is 11.6 Å². The molecule has 90 valence electrons. The van der Waals surface area contributed by atoms with E-state index in [1.54, 1.807) is 30.6 Å². The van der Waals surface area contributed by atoms with Crippen molar-refractivity contribution in [3.63, 3.8) is 0 Å². The molecule has 4 nitrogen and oxygen atoms in total. The van der Waals surface area contributed by atoms with E-state index in [-0.39, 0.29) is 0 Å². The molecule has 18 heavy (non-hydrogen) atoms. The van der Waals surface area contributed by atoms with Crippen LogP contribution in [0.15, 0.2) is 36.7 Å². The van der Waals surface area contributed by atoms with Crippen LogP contribution in [0, 0.1) is 11.3 Å². The Bertz CT molecular complexity index is 563. The number of rotatable bonds is 4. The highest BCUT2D eigenvalue weighted by Crippen LogP contribution is 2.13. The van der Waals surface area contributed by atoms with E-state index in [9.17, 15) is 0 Å². The largest absolute Gasteiger partial charge is 0.487 e. The lowest BCUT2D eigenvalue weighted by Crippen LogP contribution is -2.00. The van der Waals surface area contributed by atoms with Gasteiger partial charge in [-0.05, 0) is 18.2 Å². The highest BCUT2D eigenvalue weighted by molar-refractivity contribution is 6.16. The first-order valence-electron chi connectivity index (χ1n) is 5.31. The average Bonchev–Trinajstić information content (AvgIpc) is 2.46. The van der Waals surface area contributed by atoms with Crippen molar-refractivity contribution in [2.24, 2.45) is 0 Å². The molecule has 0 aliphatic rings. The number of nitriles is 1. The van der Waals surface area contributed by atoms with Gasteiger partial charge in [-0.25, -0.2) is 4.98 Å². The predicted molar refractivity (Wildman–Crippen MR) is 67.1 cm³/mol. The third-order valence-electron chi connectivity index (χ3n) is 2.33. The Morgan fingerprint density at radius 1 is 1.28 bits per heavy atom. The summed E-state index contributed by atoms with van der Waals surface area (Å²) < 4.78 is 5.54. The van der Waals surface area contributed by atoms with Gasteiger partial charge < -0.3 is 4.74 Å². The van der Waals surface area contributed by atoms with Gasteiger partial charge in [0.25, 0.3) is 0 Å². The molecule has 0 saturated heterocycles. The van der Waals surface area contributed by atoms with Crippen LogP contribution in [-0.2, 0) is 12.5 Å². The summed E-state index contributed by atoms with van der Waals surface area (Å²) >= 11 is 5.64. The van der Waals surface area contributed by atoms with Crippen LogP contribution in [0.5, 0.6) is 5.75 Å². The maximum absolute atomic E-state index is 8.89. The van der Waals surface area contributed by atoms with Gasteiger partial charge in [0.1, 0.15) is 24.1 Å². The molecule has 0 bridgehead atoms. The molecular formula is C13H10ClN3O. The van der Waals surface area contributed by atoms with Crippen molar-refractivity contribution in [3.05, 3.63) is 53.6 Å². The fourth-order valence-electron chi connectivity index (χ4n) is 1.39. The Labute approximate surface area is 110 Å². The molecule has 0 unspecified atom stereocenters. The number of aromatic nitrogens is 2. The second-order valence-electron chi connectivity index (χ2n) is 3.53. The molecule has 0 N–H and O–H groups in total. The van der Waals surface area contributed by atoms with Crippen molar-refractivity contribution < 1.29 is 4.74 Å². The number of pyridine rings is 2. The van der Waals surface area contributed by atoms with Gasteiger partial charge in [0, 0.05) is 11.8 Å². The SMILES string of the molecule is N#Cc1ncccc1COc1ccc(CCl)nc1. The zero-order valence-corrected chi connectivity index (χ0v) is 10.3. The lowest BCUT2D eigenvalue weighted by Gasteiger charge is -2.06. The lowest BCUT2D eigenvalue weighted by molar-refractivity contribution is 0.304. The quantitative estimate of drug-likeness (QED) is 0.792. The van der Waals surface area contributed by atoms with Gasteiger partial charge in [0.05, 0.1) is 17.8 Å². The molecule has 0 saturated carbocycles. The Balaban J connectivity index is 2.05. The number of hydrogen-bond acceptors (Lipinski definition) is 4. The molecule has 2 aromatic rings. The van der Waals surface area contributed by atoms with Crippen LogP contribution in [0.3, 0.4) is 0 Å². The molecule has 0 amide bonds. The van der Waals surface area contributed by atoms with Crippen molar-refractivity contribution in [2.45, 2.75) is 12.5 Å². The number of hydrogen-bond donors (Lipinski definition) is 0. The predicted octanol–water partition coefficient (Wildman–Crippen LogP) is 2.67. The minimum Gasteiger partial charge on any atom is -0.487 e. The molecule has 0 aliphatic carbocycles. The molecular weight excluding hydrogens is 250 g/mol. The lowest BCUT2D eigenvalue weighted by atomic mass is 10.2. The van der Waals surface area contributed by atoms with Gasteiger partial charge >= 0.3 is 0 Å². The third-order valence-corrected chi connectivity index (χ3v) is 2.60. The highest BCUT2D eigenvalue weighted by Gasteiger charge is 2.03. The van der Waals surface area contributed by atoms with Crippen LogP contribution >= 0.6 is 11.6 Å². The fourth-order valence-corrected chi connectivity index (χ4v) is 1.55. The monoisotopic (exact) mass is 259 g/mol. The normalized spacial score (nSPS) is 9.78. The van der Waals surface area contributed by atoms with Gasteiger partial charge in [0.15, 0.2) is 0 Å². The van der Waals surface area contributed by atoms with E-state index in [0.717, 1.165) is 11.3 Å². The summed E-state index contributed by atoms with van der Waals surface area (Å²) in [5.41, 5.74) is 1.92. The number of halogens is 1. The summed E-state index contributed by atoms with van der Waals surface area (Å²) in [7, 11) is 0. The van der Waals surface area contributed by atoms with Crippen molar-refractivity contribution in [2.75, 3.05) is 0 Å². The number of alkyl halides is 1. The summed E-state index contributed by atoms with van der Waals surface area (Å²) in [6, 6.07) is 9.21. The Kier molecular flexibility index (Phi) is 4.11. The molecule has 0 fully saturated rings. The molecule has 5 heteroatoms. The standard InChI is InChI=1S/C13H10ClN3O/c14-6-11-3-4-12(8-17-11)18-9-10-2-1-5-16-13(10)7-15/h1-5,8H,6,9H2. The van der Waals surface area contributed by atoms with Crippen LogP contribution < -0.4 is 4.74 Å². The number of ether oxygens (including phenoxy) is 1. The zero-order chi connectivity index (χ0) is 12.8. The maximum atomic E-state index is 8.89. The van der Waals surface area contributed by atoms with E-state index in [1.807, 2.05) is 12.1 Å². The van der Waals surface area contributed by atoms with E-state index >= 15 is 0 Å². The molecule has 2 heterocycles. The van der Waals surface area contributed by atoms with Crippen molar-refractivity contribution in [3.8, 4) is 11.8 Å². The van der Waals surface area contributed by atoms with E-state index in [0.29, 0.717) is 23.9 Å². The zero-order valence-electron chi connectivity index (χ0n) is 9.51. The summed E-state index contributed by atoms with van der Waals surface area (Å²) in [5, 5.41) is 8.89. The van der Waals surface area contributed by atoms with Crippen molar-refractivity contribution in [1.82, 2.24) is 9.97 Å². The van der Waals surface area contributed by atoms with E-state index < -0.39 is 0 Å². The molecule has 2 rings (SSSR count). The molecule has 0 radical (unpaired) electrons. The number of nitrogens with zero attached hydrogens (tertiary/aromatic N) is 3. The average molecular weight is 260 g/mol. The minimum absolute atomic E-state index is 0.290. The van der Waals surface area contributed by atoms with Gasteiger partial charge in [-0.2, -0.15) is 5.26 Å². The first kappa shape index (κ1) is 12.3. The van der Waals surface area contributed by atoms with Gasteiger partial charge in [-0.15, -0.1) is 11.6 Å². The first-order valence-corrected chi connectivity index (χ1v) is 5.84. The van der Waals surface area contributed by atoms with Gasteiger partial charge in [-0.1, -0.05) is 6.07 Å². The van der Waals surface area contributed by atoms with Gasteiger partial charge in [0.2, 0.25) is 0 Å². The molecule has 0 atom stereocenters. The third kappa shape index (κ3) is 2.96. The maximum Gasteiger partial charge on any atom is 0.147 e. The van der Waals surface area contributed by atoms with Crippen LogP contribution in [0.4, 0.5) is 0 Å². The molecule has 0 aromatic carbocycles. The summed E-state index contributed by atoms with van der Waals surface area (Å²) in [6.45, 7) is 0.290. The van der Waals surface area contributed by atoms with E-state index in [2.05, 4.69) is 9.97 Å². The summed E-state index contributed by atoms with van der Waals surface area (Å²) in [5.74, 6) is 1.01. The topological polar surface area (TPSA) is 58.8 Å². The van der Waals surface area contributed by atoms with Crippen molar-refractivity contribution in [1.29, 1.82) is 5.26 Å². The van der Waals surface area contributed by atoms with Crippen LogP contribution in [0.25, 0.3) is 0 Å². The minimum atomic E-state index is 0.290. The van der Waals surface area contributed by atoms with Crippen LogP contribution in [-0.4, -0.2) is 9.97 Å². The highest BCUT2D eigenvalue weighted by atomic mass is 35.5. The summed E-state index contributed by atoms with van der Waals surface area (Å²) in [4.78, 5) is 8.08. The van der Waals surface area contributed by atoms with E-state index in [1.165, 1.54) is 0 Å². The van der Waals surface area contributed by atoms with Crippen LogP contribution in [0.1, 0.15) is 17.0 Å². The molecule has 2 aromatic heterocycles. The summed E-state index contributed by atoms with van der Waals surface area (Å²) in [6.07, 6.45) is 3.19. The Morgan fingerprint density at radius 2 is 2.17 bits per heavy atom. The fraction of sp³-hybridized carbons (Fsp3) is 0.154. The first-order chi connectivity index (χ1) is 8.83. The smallest absolute Gasteiger partial charge is 0.147 e. The molecule has 0 aliphatic heterocycles. The van der Waals surface area contributed by atoms with Gasteiger partial charge in [-0.3, -0.25) is 4.98 Å². The second kappa shape index (κ2) is 5.99. The van der Waals surface area contributed by atoms with Crippen LogP contribution in [0.2, 0.25) is 0 Å². The van der Waals surface area contributed by atoms with E-state index in [4.69, 9.17) is 21.6 Å². The molecule has 0 spiro atoms.